The van der Waals surface area contributed by atoms with E-state index in [1.165, 1.54) is 0 Å². The Labute approximate surface area is 125 Å². The fourth-order valence-electron chi connectivity index (χ4n) is 2.27. The van der Waals surface area contributed by atoms with Crippen LogP contribution in [0.25, 0.3) is 0 Å². The fraction of sp³-hybridized carbons (Fsp3) is 0.462. The van der Waals surface area contributed by atoms with Crippen LogP contribution in [0.1, 0.15) is 39.7 Å². The number of nitrogens with zero attached hydrogens (tertiary/aromatic N) is 1. The molecule has 1 aliphatic rings. The number of pyridine rings is 1. The molecule has 1 fully saturated rings. The third kappa shape index (κ3) is 3.24. The van der Waals surface area contributed by atoms with Gasteiger partial charge < -0.3 is 1.43 Å². The third-order valence-corrected chi connectivity index (χ3v) is 2.93. The molecular formula is C13H16NNaO2. The second kappa shape index (κ2) is 5.42. The number of rotatable bonds is 1. The van der Waals surface area contributed by atoms with Crippen LogP contribution in [-0.4, -0.2) is 16.6 Å². The Morgan fingerprint density at radius 2 is 1.82 bits per heavy atom. The van der Waals surface area contributed by atoms with Crippen molar-refractivity contribution in [1.82, 2.24) is 4.98 Å². The van der Waals surface area contributed by atoms with E-state index in [-0.39, 0.29) is 48.0 Å². The van der Waals surface area contributed by atoms with E-state index in [4.69, 9.17) is 0 Å². The number of carbonyl (C=O) groups excluding carboxylic acids is 2. The van der Waals surface area contributed by atoms with Crippen LogP contribution in [0.3, 0.4) is 0 Å². The number of ketones is 2. The largest absolute Gasteiger partial charge is 1.00 e. The van der Waals surface area contributed by atoms with Gasteiger partial charge in [-0.05, 0) is 17.5 Å². The predicted molar refractivity (Wildman–Crippen MR) is 61.1 cm³/mol. The second-order valence-corrected chi connectivity index (χ2v) is 5.14. The van der Waals surface area contributed by atoms with Crippen LogP contribution >= 0.6 is 0 Å². The molecule has 0 bridgehead atoms. The van der Waals surface area contributed by atoms with Crippen molar-refractivity contribution in [3.63, 3.8) is 0 Å². The van der Waals surface area contributed by atoms with Gasteiger partial charge in [-0.25, -0.2) is 0 Å². The summed E-state index contributed by atoms with van der Waals surface area (Å²) in [5.41, 5.74) is 0.396. The van der Waals surface area contributed by atoms with Crippen molar-refractivity contribution in [2.75, 3.05) is 0 Å². The van der Waals surface area contributed by atoms with E-state index in [9.17, 15) is 9.59 Å². The van der Waals surface area contributed by atoms with E-state index < -0.39 is 5.92 Å². The molecule has 0 atom stereocenters. The standard InChI is InChI=1S/C13H15NO2.Na.H/c1-13(2)7-10(15)12(11(16)8-13)9-5-3-4-6-14-9;;/h3-6,12H,7-8H2,1-2H3;;/q;+1;-1. The van der Waals surface area contributed by atoms with Crippen molar-refractivity contribution in [3.05, 3.63) is 30.1 Å². The van der Waals surface area contributed by atoms with E-state index in [0.29, 0.717) is 18.5 Å². The van der Waals surface area contributed by atoms with E-state index in [1.807, 2.05) is 19.9 Å². The van der Waals surface area contributed by atoms with Gasteiger partial charge in [0.15, 0.2) is 0 Å². The molecule has 1 heterocycles. The molecule has 0 aromatic carbocycles. The summed E-state index contributed by atoms with van der Waals surface area (Å²) < 4.78 is 0. The van der Waals surface area contributed by atoms with Gasteiger partial charge in [0.2, 0.25) is 0 Å². The topological polar surface area (TPSA) is 47.0 Å². The second-order valence-electron chi connectivity index (χ2n) is 5.14. The van der Waals surface area contributed by atoms with E-state index >= 15 is 0 Å². The Morgan fingerprint density at radius 3 is 2.29 bits per heavy atom. The van der Waals surface area contributed by atoms with Crippen molar-refractivity contribution >= 4 is 11.6 Å². The monoisotopic (exact) mass is 241 g/mol. The van der Waals surface area contributed by atoms with Crippen LogP contribution < -0.4 is 29.6 Å². The quantitative estimate of drug-likeness (QED) is 0.479. The maximum Gasteiger partial charge on any atom is 1.00 e. The van der Waals surface area contributed by atoms with Gasteiger partial charge in [-0.15, -0.1) is 0 Å². The van der Waals surface area contributed by atoms with Crippen molar-refractivity contribution in [1.29, 1.82) is 0 Å². The zero-order valence-corrected chi connectivity index (χ0v) is 12.6. The Morgan fingerprint density at radius 1 is 1.24 bits per heavy atom. The van der Waals surface area contributed by atoms with Gasteiger partial charge in [0, 0.05) is 19.0 Å². The van der Waals surface area contributed by atoms with Gasteiger partial charge in [0.1, 0.15) is 17.5 Å². The molecule has 86 valence electrons. The normalized spacial score (nSPS) is 19.9. The molecule has 2 rings (SSSR count). The maximum atomic E-state index is 12.0. The molecule has 0 N–H and O–H groups in total. The Bertz CT molecular complexity index is 414. The maximum absolute atomic E-state index is 12.0. The Kier molecular flexibility index (Phi) is 4.64. The molecule has 1 aliphatic carbocycles. The molecule has 0 aliphatic heterocycles. The Hall–Kier alpha value is -0.510. The first-order chi connectivity index (χ1) is 7.49. The summed E-state index contributed by atoms with van der Waals surface area (Å²) in [6.07, 6.45) is 2.54. The van der Waals surface area contributed by atoms with Crippen molar-refractivity contribution in [2.45, 2.75) is 32.6 Å². The first-order valence-corrected chi connectivity index (χ1v) is 5.46. The molecular weight excluding hydrogens is 225 g/mol. The molecule has 4 heteroatoms. The molecule has 0 spiro atoms. The van der Waals surface area contributed by atoms with Gasteiger partial charge in [-0.2, -0.15) is 0 Å². The van der Waals surface area contributed by atoms with Crippen LogP contribution in [0.2, 0.25) is 0 Å². The number of hydrogen-bond donors (Lipinski definition) is 0. The number of aromatic nitrogens is 1. The first-order valence-electron chi connectivity index (χ1n) is 5.46. The number of carbonyl (C=O) groups is 2. The molecule has 1 aromatic rings. The van der Waals surface area contributed by atoms with Crippen LogP contribution in [0.15, 0.2) is 24.4 Å². The van der Waals surface area contributed by atoms with Crippen LogP contribution in [-0.2, 0) is 9.59 Å². The van der Waals surface area contributed by atoms with Crippen LogP contribution in [0.5, 0.6) is 0 Å². The molecule has 0 unspecified atom stereocenters. The van der Waals surface area contributed by atoms with E-state index in [2.05, 4.69) is 4.98 Å². The van der Waals surface area contributed by atoms with Gasteiger partial charge in [-0.1, -0.05) is 19.9 Å². The minimum Gasteiger partial charge on any atom is -1.00 e. The molecule has 1 aromatic heterocycles. The summed E-state index contributed by atoms with van der Waals surface area (Å²) >= 11 is 0. The van der Waals surface area contributed by atoms with Crippen molar-refractivity contribution in [3.8, 4) is 0 Å². The molecule has 0 radical (unpaired) electrons. The molecule has 17 heavy (non-hydrogen) atoms. The van der Waals surface area contributed by atoms with Crippen molar-refractivity contribution < 1.29 is 40.6 Å². The zero-order valence-electron chi connectivity index (χ0n) is 11.6. The summed E-state index contributed by atoms with van der Waals surface area (Å²) in [5.74, 6) is -0.630. The molecule has 0 saturated heterocycles. The molecule has 3 nitrogen and oxygen atoms in total. The average Bonchev–Trinajstić information content (AvgIpc) is 2.16. The first kappa shape index (κ1) is 14.6. The van der Waals surface area contributed by atoms with Gasteiger partial charge in [0.25, 0.3) is 0 Å². The van der Waals surface area contributed by atoms with Gasteiger partial charge >= 0.3 is 29.6 Å². The summed E-state index contributed by atoms with van der Waals surface area (Å²) in [6, 6.07) is 5.34. The average molecular weight is 241 g/mol. The Balaban J connectivity index is 0.00000144. The fourth-order valence-corrected chi connectivity index (χ4v) is 2.27. The minimum atomic E-state index is -0.630. The SMILES string of the molecule is CC1(C)CC(=O)C(c2ccccn2)C(=O)C1.[H-].[Na+]. The number of Topliss-reactive ketones (excluding diaryl/α,β-unsaturated/α-hetero) is 2. The minimum absolute atomic E-state index is 0. The predicted octanol–water partition coefficient (Wildman–Crippen LogP) is -0.760. The van der Waals surface area contributed by atoms with Crippen LogP contribution in [0, 0.1) is 5.41 Å². The smallest absolute Gasteiger partial charge is 1.00 e. The van der Waals surface area contributed by atoms with Crippen molar-refractivity contribution in [2.24, 2.45) is 5.41 Å². The zero-order chi connectivity index (χ0) is 11.8. The molecule has 0 amide bonds. The van der Waals surface area contributed by atoms with E-state index in [0.717, 1.165) is 0 Å². The summed E-state index contributed by atoms with van der Waals surface area (Å²) in [7, 11) is 0. The molecule has 1 saturated carbocycles. The van der Waals surface area contributed by atoms with E-state index in [1.54, 1.807) is 18.3 Å². The van der Waals surface area contributed by atoms with Gasteiger partial charge in [0.05, 0.1) is 5.69 Å². The summed E-state index contributed by atoms with van der Waals surface area (Å²) in [5, 5.41) is 0. The summed E-state index contributed by atoms with van der Waals surface area (Å²) in [6.45, 7) is 3.91. The number of hydrogen-bond acceptors (Lipinski definition) is 3. The van der Waals surface area contributed by atoms with Crippen LogP contribution in [0.4, 0.5) is 0 Å². The van der Waals surface area contributed by atoms with Gasteiger partial charge in [-0.3, -0.25) is 14.6 Å². The third-order valence-electron chi connectivity index (χ3n) is 2.93. The summed E-state index contributed by atoms with van der Waals surface area (Å²) in [4.78, 5) is 28.0.